The van der Waals surface area contributed by atoms with Gasteiger partial charge in [0.1, 0.15) is 10.9 Å². The van der Waals surface area contributed by atoms with Gasteiger partial charge in [0, 0.05) is 4.88 Å². The highest BCUT2D eigenvalue weighted by Gasteiger charge is 2.19. The van der Waals surface area contributed by atoms with Crippen molar-refractivity contribution in [3.05, 3.63) is 53.1 Å². The van der Waals surface area contributed by atoms with Crippen LogP contribution in [0.1, 0.15) is 13.0 Å². The minimum atomic E-state index is -0.700. The molecule has 0 aliphatic rings. The number of ether oxygens (including phenoxy) is 1. The molecule has 1 atom stereocenters. The molecule has 0 N–H and O–H groups in total. The molecular weight excluding hydrogens is 300 g/mol. The summed E-state index contributed by atoms with van der Waals surface area (Å²) >= 11 is 1.46. The van der Waals surface area contributed by atoms with Crippen molar-refractivity contribution in [3.8, 4) is 10.4 Å². The Morgan fingerprint density at radius 1 is 1.32 bits per heavy atom. The molecule has 0 fully saturated rings. The minimum Gasteiger partial charge on any atom is -0.467 e. The average molecular weight is 314 g/mol. The van der Waals surface area contributed by atoms with E-state index in [0.717, 1.165) is 10.4 Å². The number of nitrogens with zero attached hydrogens (tertiary/aromatic N) is 2. The van der Waals surface area contributed by atoms with E-state index in [1.165, 1.54) is 29.3 Å². The zero-order valence-electron chi connectivity index (χ0n) is 12.1. The third-order valence-electron chi connectivity index (χ3n) is 3.49. The largest absolute Gasteiger partial charge is 0.467 e. The van der Waals surface area contributed by atoms with E-state index in [0.29, 0.717) is 10.2 Å². The number of methoxy groups -OCH3 is 1. The van der Waals surface area contributed by atoms with Gasteiger partial charge in [-0.3, -0.25) is 9.36 Å². The maximum absolute atomic E-state index is 12.6. The molecule has 2 aromatic heterocycles. The van der Waals surface area contributed by atoms with Crippen molar-refractivity contribution in [2.75, 3.05) is 7.11 Å². The first-order valence-corrected chi connectivity index (χ1v) is 7.57. The zero-order chi connectivity index (χ0) is 15.7. The second-order valence-electron chi connectivity index (χ2n) is 4.85. The molecule has 1 aromatic carbocycles. The lowest BCUT2D eigenvalue weighted by Crippen LogP contribution is -2.28. The van der Waals surface area contributed by atoms with E-state index in [-0.39, 0.29) is 5.56 Å². The van der Waals surface area contributed by atoms with Gasteiger partial charge >= 0.3 is 5.97 Å². The van der Waals surface area contributed by atoms with Gasteiger partial charge in [0.15, 0.2) is 0 Å². The first kappa shape index (κ1) is 14.5. The van der Waals surface area contributed by atoms with E-state index >= 15 is 0 Å². The maximum atomic E-state index is 12.6. The van der Waals surface area contributed by atoms with E-state index in [1.54, 1.807) is 6.92 Å². The van der Waals surface area contributed by atoms with Crippen LogP contribution in [0.3, 0.4) is 0 Å². The van der Waals surface area contributed by atoms with E-state index < -0.39 is 12.0 Å². The fourth-order valence-corrected chi connectivity index (χ4v) is 3.24. The summed E-state index contributed by atoms with van der Waals surface area (Å²) in [7, 11) is 1.30. The Morgan fingerprint density at radius 2 is 2.05 bits per heavy atom. The number of hydrogen-bond donors (Lipinski definition) is 0. The quantitative estimate of drug-likeness (QED) is 0.697. The lowest BCUT2D eigenvalue weighted by molar-refractivity contribution is -0.144. The molecule has 0 saturated heterocycles. The molecule has 2 heterocycles. The Morgan fingerprint density at radius 3 is 2.73 bits per heavy atom. The molecule has 5 nitrogen and oxygen atoms in total. The smallest absolute Gasteiger partial charge is 0.328 e. The number of aromatic nitrogens is 2. The normalized spacial score (nSPS) is 12.3. The van der Waals surface area contributed by atoms with E-state index in [1.807, 2.05) is 36.4 Å². The number of benzene rings is 1. The molecule has 0 saturated carbocycles. The van der Waals surface area contributed by atoms with Crippen molar-refractivity contribution in [1.29, 1.82) is 0 Å². The number of carbonyl (C=O) groups excluding carboxylic acids is 1. The van der Waals surface area contributed by atoms with Crippen LogP contribution in [0.15, 0.2) is 47.5 Å². The molecule has 6 heteroatoms. The van der Waals surface area contributed by atoms with Crippen LogP contribution < -0.4 is 5.56 Å². The van der Waals surface area contributed by atoms with Gasteiger partial charge in [-0.25, -0.2) is 9.78 Å². The third kappa shape index (κ3) is 2.42. The summed E-state index contributed by atoms with van der Waals surface area (Å²) in [5.74, 6) is -0.471. The topological polar surface area (TPSA) is 61.2 Å². The summed E-state index contributed by atoms with van der Waals surface area (Å²) in [6.07, 6.45) is 1.40. The van der Waals surface area contributed by atoms with Crippen LogP contribution in [0.2, 0.25) is 0 Å². The second kappa shape index (κ2) is 5.73. The van der Waals surface area contributed by atoms with Crippen molar-refractivity contribution in [3.63, 3.8) is 0 Å². The van der Waals surface area contributed by atoms with Crippen LogP contribution in [0, 0.1) is 0 Å². The number of fused-ring (bicyclic) bond motifs is 1. The fraction of sp³-hybridized carbons (Fsp3) is 0.188. The standard InChI is InChI=1S/C16H14N2O3S/c1-10(16(20)21-2)18-9-17-14-12(15(18)19)8-13(22-14)11-6-4-3-5-7-11/h3-10H,1-2H3/t10-/m0/s1. The van der Waals surface area contributed by atoms with Crippen LogP contribution in [0.5, 0.6) is 0 Å². The molecular formula is C16H14N2O3S. The van der Waals surface area contributed by atoms with Crippen molar-refractivity contribution < 1.29 is 9.53 Å². The van der Waals surface area contributed by atoms with E-state index in [9.17, 15) is 9.59 Å². The Hall–Kier alpha value is -2.47. The van der Waals surface area contributed by atoms with Gasteiger partial charge in [-0.1, -0.05) is 30.3 Å². The van der Waals surface area contributed by atoms with Crippen molar-refractivity contribution >= 4 is 27.5 Å². The Labute approximate surface area is 130 Å². The first-order valence-electron chi connectivity index (χ1n) is 6.75. The predicted octanol–water partition coefficient (Wildman–Crippen LogP) is 2.86. The molecule has 0 spiro atoms. The minimum absolute atomic E-state index is 0.235. The highest BCUT2D eigenvalue weighted by Crippen LogP contribution is 2.30. The van der Waals surface area contributed by atoms with Crippen LogP contribution in [-0.2, 0) is 9.53 Å². The maximum Gasteiger partial charge on any atom is 0.328 e. The van der Waals surface area contributed by atoms with Gasteiger partial charge in [0.05, 0.1) is 18.8 Å². The van der Waals surface area contributed by atoms with Crippen molar-refractivity contribution in [2.45, 2.75) is 13.0 Å². The number of esters is 1. The van der Waals surface area contributed by atoms with Gasteiger partial charge in [-0.15, -0.1) is 11.3 Å². The molecule has 0 radical (unpaired) electrons. The monoisotopic (exact) mass is 314 g/mol. The number of thiophene rings is 1. The highest BCUT2D eigenvalue weighted by molar-refractivity contribution is 7.21. The summed E-state index contributed by atoms with van der Waals surface area (Å²) < 4.78 is 5.99. The summed E-state index contributed by atoms with van der Waals surface area (Å²) in [6, 6.07) is 10.9. The lowest BCUT2D eigenvalue weighted by Gasteiger charge is -2.11. The lowest BCUT2D eigenvalue weighted by atomic mass is 10.2. The Kier molecular flexibility index (Phi) is 3.77. The van der Waals surface area contributed by atoms with Crippen LogP contribution in [0.4, 0.5) is 0 Å². The molecule has 0 aliphatic carbocycles. The summed E-state index contributed by atoms with van der Waals surface area (Å²) in [4.78, 5) is 30.1. The van der Waals surface area contributed by atoms with E-state index in [2.05, 4.69) is 9.72 Å². The van der Waals surface area contributed by atoms with Gasteiger partial charge in [-0.2, -0.15) is 0 Å². The second-order valence-corrected chi connectivity index (χ2v) is 5.88. The fourth-order valence-electron chi connectivity index (χ4n) is 2.24. The molecule has 0 bridgehead atoms. The third-order valence-corrected chi connectivity index (χ3v) is 4.59. The molecule has 0 unspecified atom stereocenters. The highest BCUT2D eigenvalue weighted by atomic mass is 32.1. The SMILES string of the molecule is COC(=O)[C@H](C)n1cnc2sc(-c3ccccc3)cc2c1=O. The average Bonchev–Trinajstić information content (AvgIpc) is 3.00. The number of hydrogen-bond acceptors (Lipinski definition) is 5. The summed E-state index contributed by atoms with van der Waals surface area (Å²) in [5, 5.41) is 0.516. The van der Waals surface area contributed by atoms with Gasteiger partial charge in [0.25, 0.3) is 5.56 Å². The number of carbonyl (C=O) groups is 1. The van der Waals surface area contributed by atoms with Gasteiger partial charge < -0.3 is 4.74 Å². The molecule has 22 heavy (non-hydrogen) atoms. The Balaban J connectivity index is 2.12. The molecule has 3 aromatic rings. The zero-order valence-corrected chi connectivity index (χ0v) is 13.0. The molecule has 0 amide bonds. The molecule has 112 valence electrons. The summed E-state index contributed by atoms with van der Waals surface area (Å²) in [6.45, 7) is 1.62. The van der Waals surface area contributed by atoms with Crippen LogP contribution >= 0.6 is 11.3 Å². The predicted molar refractivity (Wildman–Crippen MR) is 86.0 cm³/mol. The van der Waals surface area contributed by atoms with Gasteiger partial charge in [0.2, 0.25) is 0 Å². The van der Waals surface area contributed by atoms with Crippen LogP contribution in [0.25, 0.3) is 20.7 Å². The molecule has 0 aliphatic heterocycles. The molecule has 3 rings (SSSR count). The Bertz CT molecular complexity index is 883. The first-order chi connectivity index (χ1) is 10.6. The van der Waals surface area contributed by atoms with Crippen LogP contribution in [-0.4, -0.2) is 22.6 Å². The summed E-state index contributed by atoms with van der Waals surface area (Å²) in [5.41, 5.74) is 0.804. The number of rotatable bonds is 3. The van der Waals surface area contributed by atoms with Crippen molar-refractivity contribution in [1.82, 2.24) is 9.55 Å². The van der Waals surface area contributed by atoms with Crippen molar-refractivity contribution in [2.24, 2.45) is 0 Å². The van der Waals surface area contributed by atoms with Gasteiger partial charge in [-0.05, 0) is 18.6 Å². The van der Waals surface area contributed by atoms with E-state index in [4.69, 9.17) is 0 Å².